The minimum Gasteiger partial charge on any atom is -0.371 e. The van der Waals surface area contributed by atoms with E-state index in [9.17, 15) is 13.2 Å². The maximum atomic E-state index is 12.7. The van der Waals surface area contributed by atoms with E-state index in [1.54, 1.807) is 6.07 Å². The third-order valence-corrected chi connectivity index (χ3v) is 3.05. The van der Waals surface area contributed by atoms with E-state index in [2.05, 4.69) is 10.3 Å². The highest BCUT2D eigenvalue weighted by Crippen LogP contribution is 2.32. The second-order valence-electron chi connectivity index (χ2n) is 4.28. The number of rotatable bonds is 3. The Hall–Kier alpha value is -1.52. The van der Waals surface area contributed by atoms with Crippen molar-refractivity contribution in [2.45, 2.75) is 25.4 Å². The Balaban J connectivity index is 2.31. The average Bonchev–Trinajstić information content (AvgIpc) is 2.83. The van der Waals surface area contributed by atoms with E-state index in [1.807, 2.05) is 6.92 Å². The second-order valence-corrected chi connectivity index (χ2v) is 4.28. The summed E-state index contributed by atoms with van der Waals surface area (Å²) in [5.74, 6) is 0.728. The van der Waals surface area contributed by atoms with Gasteiger partial charge in [0.25, 0.3) is 0 Å². The van der Waals surface area contributed by atoms with Gasteiger partial charge in [-0.05, 0) is 18.1 Å². The second kappa shape index (κ2) is 5.00. The van der Waals surface area contributed by atoms with Gasteiger partial charge in [-0.2, -0.15) is 13.2 Å². The molecule has 98 valence electrons. The highest BCUT2D eigenvalue weighted by Gasteiger charge is 2.31. The molecule has 18 heavy (non-hydrogen) atoms. The van der Waals surface area contributed by atoms with Crippen LogP contribution in [-0.2, 0) is 6.18 Å². The van der Waals surface area contributed by atoms with Gasteiger partial charge in [0, 0.05) is 12.5 Å². The van der Waals surface area contributed by atoms with Crippen LogP contribution in [-0.4, -0.2) is 18.9 Å². The van der Waals surface area contributed by atoms with Crippen LogP contribution in [0.5, 0.6) is 0 Å². The van der Waals surface area contributed by atoms with E-state index in [1.165, 1.54) is 12.1 Å². The van der Waals surface area contributed by atoms with Crippen LogP contribution >= 0.6 is 0 Å². The predicted octanol–water partition coefficient (Wildman–Crippen LogP) is 3.20. The minimum absolute atomic E-state index is 0.0743. The van der Waals surface area contributed by atoms with Crippen molar-refractivity contribution in [2.24, 2.45) is 4.99 Å². The molecular formula is C13H15F3N2. The van der Waals surface area contributed by atoms with Crippen LogP contribution in [0, 0.1) is 0 Å². The molecule has 1 aliphatic rings. The van der Waals surface area contributed by atoms with Gasteiger partial charge >= 0.3 is 6.18 Å². The zero-order valence-corrected chi connectivity index (χ0v) is 10.1. The molecule has 0 bridgehead atoms. The number of halogens is 3. The van der Waals surface area contributed by atoms with Crippen molar-refractivity contribution in [3.05, 3.63) is 35.4 Å². The smallest absolute Gasteiger partial charge is 0.371 e. The Bertz CT molecular complexity index is 452. The number of hydrogen-bond donors (Lipinski definition) is 1. The van der Waals surface area contributed by atoms with Crippen LogP contribution in [0.2, 0.25) is 0 Å². The number of hydrogen-bond acceptors (Lipinski definition) is 2. The molecule has 1 aliphatic heterocycles. The fourth-order valence-corrected chi connectivity index (χ4v) is 2.17. The first-order chi connectivity index (χ1) is 8.52. The van der Waals surface area contributed by atoms with E-state index in [0.717, 1.165) is 24.9 Å². The highest BCUT2D eigenvalue weighted by atomic mass is 19.4. The van der Waals surface area contributed by atoms with Gasteiger partial charge in [0.05, 0.1) is 12.1 Å². The van der Waals surface area contributed by atoms with E-state index in [-0.39, 0.29) is 5.92 Å². The number of nitrogens with zero attached hydrogens (tertiary/aromatic N) is 1. The van der Waals surface area contributed by atoms with Gasteiger partial charge in [0.2, 0.25) is 0 Å². The van der Waals surface area contributed by atoms with Crippen LogP contribution < -0.4 is 5.32 Å². The quantitative estimate of drug-likeness (QED) is 0.882. The molecule has 0 spiro atoms. The molecule has 2 nitrogen and oxygen atoms in total. The zero-order chi connectivity index (χ0) is 13.2. The topological polar surface area (TPSA) is 24.4 Å². The first-order valence-corrected chi connectivity index (χ1v) is 5.97. The Morgan fingerprint density at radius 3 is 2.72 bits per heavy atom. The van der Waals surface area contributed by atoms with Gasteiger partial charge in [0.15, 0.2) is 0 Å². The van der Waals surface area contributed by atoms with E-state index in [4.69, 9.17) is 0 Å². The standard InChI is InChI=1S/C13H15F3N2/c1-2-11(12-17-6-7-18-12)9-4-3-5-10(8-9)13(14,15)16/h3-5,8,11H,2,6-7H2,1H3,(H,17,18). The fraction of sp³-hybridized carbons (Fsp3) is 0.462. The van der Waals surface area contributed by atoms with Crippen LogP contribution in [0.4, 0.5) is 13.2 Å². The van der Waals surface area contributed by atoms with Crippen molar-refractivity contribution in [3.63, 3.8) is 0 Å². The number of alkyl halides is 3. The molecule has 2 rings (SSSR count). The van der Waals surface area contributed by atoms with Crippen LogP contribution in [0.3, 0.4) is 0 Å². The molecule has 1 atom stereocenters. The molecule has 0 radical (unpaired) electrons. The van der Waals surface area contributed by atoms with Crippen LogP contribution in [0.1, 0.15) is 30.4 Å². The van der Waals surface area contributed by atoms with Gasteiger partial charge in [-0.15, -0.1) is 0 Å². The van der Waals surface area contributed by atoms with Crippen molar-refractivity contribution in [2.75, 3.05) is 13.1 Å². The van der Waals surface area contributed by atoms with Crippen molar-refractivity contribution >= 4 is 5.84 Å². The molecule has 1 aromatic carbocycles. The third kappa shape index (κ3) is 2.66. The molecule has 0 aromatic heterocycles. The van der Waals surface area contributed by atoms with Crippen molar-refractivity contribution < 1.29 is 13.2 Å². The van der Waals surface area contributed by atoms with Crippen LogP contribution in [0.15, 0.2) is 29.3 Å². The maximum absolute atomic E-state index is 12.7. The fourth-order valence-electron chi connectivity index (χ4n) is 2.17. The van der Waals surface area contributed by atoms with Crippen LogP contribution in [0.25, 0.3) is 0 Å². The molecule has 0 amide bonds. The lowest BCUT2D eigenvalue weighted by molar-refractivity contribution is -0.137. The number of amidine groups is 1. The minimum atomic E-state index is -4.29. The number of nitrogens with one attached hydrogen (secondary N) is 1. The molecule has 0 saturated carbocycles. The van der Waals surface area contributed by atoms with Crippen molar-refractivity contribution in [1.29, 1.82) is 0 Å². The monoisotopic (exact) mass is 256 g/mol. The lowest BCUT2D eigenvalue weighted by atomic mass is 9.93. The summed E-state index contributed by atoms with van der Waals surface area (Å²) < 4.78 is 38.0. The molecule has 1 N–H and O–H groups in total. The average molecular weight is 256 g/mol. The molecular weight excluding hydrogens is 241 g/mol. The molecule has 5 heteroatoms. The maximum Gasteiger partial charge on any atom is 0.416 e. The lowest BCUT2D eigenvalue weighted by Crippen LogP contribution is -2.25. The molecule has 1 aromatic rings. The third-order valence-electron chi connectivity index (χ3n) is 3.05. The summed E-state index contributed by atoms with van der Waals surface area (Å²) >= 11 is 0. The van der Waals surface area contributed by atoms with E-state index in [0.29, 0.717) is 12.1 Å². The Kier molecular flexibility index (Phi) is 3.59. The predicted molar refractivity (Wildman–Crippen MR) is 64.8 cm³/mol. The van der Waals surface area contributed by atoms with Crippen molar-refractivity contribution in [3.8, 4) is 0 Å². The Morgan fingerprint density at radius 2 is 2.17 bits per heavy atom. The summed E-state index contributed by atoms with van der Waals surface area (Å²) in [5.41, 5.74) is 0.0671. The van der Waals surface area contributed by atoms with E-state index >= 15 is 0 Å². The van der Waals surface area contributed by atoms with Gasteiger partial charge in [-0.25, -0.2) is 0 Å². The normalized spacial score (nSPS) is 17.2. The first-order valence-electron chi connectivity index (χ1n) is 5.97. The molecule has 1 unspecified atom stereocenters. The summed E-state index contributed by atoms with van der Waals surface area (Å²) in [6, 6.07) is 5.50. The largest absolute Gasteiger partial charge is 0.416 e. The summed E-state index contributed by atoms with van der Waals surface area (Å²) in [7, 11) is 0. The van der Waals surface area contributed by atoms with Crippen molar-refractivity contribution in [1.82, 2.24) is 5.32 Å². The molecule has 1 heterocycles. The SMILES string of the molecule is CCC(C1=NCCN1)c1cccc(C(F)(F)F)c1. The number of aliphatic imine (C=N–C) groups is 1. The summed E-state index contributed by atoms with van der Waals surface area (Å²) in [6.45, 7) is 3.42. The van der Waals surface area contributed by atoms with E-state index < -0.39 is 11.7 Å². The molecule has 0 aliphatic carbocycles. The first kappa shape index (κ1) is 12.9. The Morgan fingerprint density at radius 1 is 1.39 bits per heavy atom. The molecule has 0 saturated heterocycles. The van der Waals surface area contributed by atoms with Gasteiger partial charge in [-0.1, -0.05) is 25.1 Å². The van der Waals surface area contributed by atoms with Gasteiger partial charge < -0.3 is 5.32 Å². The summed E-state index contributed by atoms with van der Waals surface area (Å²) in [4.78, 5) is 4.30. The summed E-state index contributed by atoms with van der Waals surface area (Å²) in [5, 5.41) is 3.13. The van der Waals surface area contributed by atoms with Gasteiger partial charge in [0.1, 0.15) is 5.84 Å². The summed E-state index contributed by atoms with van der Waals surface area (Å²) in [6.07, 6.45) is -3.56. The zero-order valence-electron chi connectivity index (χ0n) is 10.1. The van der Waals surface area contributed by atoms with Gasteiger partial charge in [-0.3, -0.25) is 4.99 Å². The number of benzene rings is 1. The molecule has 0 fully saturated rings. The Labute approximate surface area is 104 Å². The highest BCUT2D eigenvalue weighted by molar-refractivity contribution is 5.90. The lowest BCUT2D eigenvalue weighted by Gasteiger charge is -2.17.